The molecule has 0 saturated carbocycles. The fourth-order valence-electron chi connectivity index (χ4n) is 4.47. The van der Waals surface area contributed by atoms with Gasteiger partial charge in [0, 0.05) is 16.2 Å². The summed E-state index contributed by atoms with van der Waals surface area (Å²) in [4.78, 5) is 14.1. The highest BCUT2D eigenvalue weighted by molar-refractivity contribution is 7.12. The average molecular weight is 428 g/mol. The summed E-state index contributed by atoms with van der Waals surface area (Å²) in [7, 11) is 0. The Labute approximate surface area is 177 Å². The molecule has 0 bridgehead atoms. The number of halogens is 1. The third-order valence-electron chi connectivity index (χ3n) is 5.90. The van der Waals surface area contributed by atoms with Gasteiger partial charge in [0.05, 0.1) is 30.1 Å². The van der Waals surface area contributed by atoms with Crippen molar-refractivity contribution in [2.75, 3.05) is 13.2 Å². The van der Waals surface area contributed by atoms with E-state index in [1.807, 2.05) is 11.3 Å². The molecule has 0 unspecified atom stereocenters. The van der Waals surface area contributed by atoms with Crippen molar-refractivity contribution in [3.8, 4) is 5.69 Å². The first kappa shape index (κ1) is 19.3. The third-order valence-corrected chi connectivity index (χ3v) is 7.18. The predicted molar refractivity (Wildman–Crippen MR) is 110 cm³/mol. The number of benzene rings is 1. The van der Waals surface area contributed by atoms with Gasteiger partial charge in [-0.2, -0.15) is 0 Å². The number of amides is 1. The van der Waals surface area contributed by atoms with E-state index < -0.39 is 11.7 Å². The van der Waals surface area contributed by atoms with Crippen molar-refractivity contribution in [3.05, 3.63) is 62.9 Å². The second-order valence-corrected chi connectivity index (χ2v) is 9.14. The van der Waals surface area contributed by atoms with Crippen molar-refractivity contribution in [2.45, 2.75) is 37.8 Å². The standard InChI is InChI=1S/C21H22FN5O2S/c1-12-8-13-4-7-29-21(19(13)30-12)5-6-24-17(10-21)18-11-27(26-25-18)14-2-3-16(22)15(9-14)20(23)28/h2-3,8-9,11,17,24H,4-7,10H2,1H3,(H2,23,28)/t17-,21-/m0/s1. The fourth-order valence-corrected chi connectivity index (χ4v) is 5.71. The minimum atomic E-state index is -0.818. The molecule has 7 nitrogen and oxygen atoms in total. The highest BCUT2D eigenvalue weighted by atomic mass is 32.1. The lowest BCUT2D eigenvalue weighted by Gasteiger charge is -2.43. The molecular weight excluding hydrogens is 405 g/mol. The van der Waals surface area contributed by atoms with Crippen molar-refractivity contribution in [3.63, 3.8) is 0 Å². The molecule has 9 heteroatoms. The Bertz CT molecular complexity index is 1130. The number of rotatable bonds is 3. The SMILES string of the molecule is Cc1cc2c(s1)[C@@]1(CCN[C@H](c3cn(-c4ccc(F)c(C(N)=O)c4)nn3)C1)OCC2. The lowest BCUT2D eigenvalue weighted by Crippen LogP contribution is -2.45. The van der Waals surface area contributed by atoms with Crippen LogP contribution in [-0.2, 0) is 16.8 Å². The van der Waals surface area contributed by atoms with E-state index in [9.17, 15) is 9.18 Å². The maximum Gasteiger partial charge on any atom is 0.251 e. The smallest absolute Gasteiger partial charge is 0.251 e. The van der Waals surface area contributed by atoms with Gasteiger partial charge in [0.1, 0.15) is 17.1 Å². The first-order chi connectivity index (χ1) is 14.4. The number of nitrogens with one attached hydrogen (secondary N) is 1. The largest absolute Gasteiger partial charge is 0.369 e. The number of aromatic nitrogens is 3. The van der Waals surface area contributed by atoms with E-state index >= 15 is 0 Å². The van der Waals surface area contributed by atoms with Crippen LogP contribution in [0.25, 0.3) is 5.69 Å². The molecular formula is C21H22FN5O2S. The van der Waals surface area contributed by atoms with Crippen LogP contribution in [0.5, 0.6) is 0 Å². The monoisotopic (exact) mass is 427 g/mol. The molecule has 0 radical (unpaired) electrons. The van der Waals surface area contributed by atoms with E-state index in [2.05, 4.69) is 28.6 Å². The van der Waals surface area contributed by atoms with Crippen LogP contribution in [0.1, 0.15) is 50.3 Å². The Kier molecular flexibility index (Phi) is 4.68. The van der Waals surface area contributed by atoms with Gasteiger partial charge in [0.25, 0.3) is 5.91 Å². The van der Waals surface area contributed by atoms with Gasteiger partial charge >= 0.3 is 0 Å². The van der Waals surface area contributed by atoms with Crippen molar-refractivity contribution in [1.29, 1.82) is 0 Å². The second kappa shape index (κ2) is 7.26. The van der Waals surface area contributed by atoms with E-state index in [0.717, 1.165) is 38.1 Å². The summed E-state index contributed by atoms with van der Waals surface area (Å²) in [6.45, 7) is 3.69. The summed E-state index contributed by atoms with van der Waals surface area (Å²) >= 11 is 1.83. The molecule has 1 amide bonds. The van der Waals surface area contributed by atoms with Gasteiger partial charge in [0.15, 0.2) is 0 Å². The molecule has 156 valence electrons. The fraction of sp³-hybridized carbons (Fsp3) is 0.381. The molecule has 1 spiro atoms. The van der Waals surface area contributed by atoms with E-state index in [1.54, 1.807) is 12.3 Å². The summed E-state index contributed by atoms with van der Waals surface area (Å²) in [5.74, 6) is -1.47. The quantitative estimate of drug-likeness (QED) is 0.670. The number of thiophene rings is 1. The number of primary amides is 1. The van der Waals surface area contributed by atoms with Crippen LogP contribution in [0.15, 0.2) is 30.5 Å². The maximum atomic E-state index is 13.8. The molecule has 1 aromatic carbocycles. The highest BCUT2D eigenvalue weighted by Gasteiger charge is 2.44. The number of aryl methyl sites for hydroxylation is 1. The number of hydrogen-bond donors (Lipinski definition) is 2. The first-order valence-corrected chi connectivity index (χ1v) is 10.8. The Balaban J connectivity index is 1.44. The number of nitrogens with zero attached hydrogens (tertiary/aromatic N) is 3. The minimum Gasteiger partial charge on any atom is -0.369 e. The van der Waals surface area contributed by atoms with Crippen LogP contribution >= 0.6 is 11.3 Å². The predicted octanol–water partition coefficient (Wildman–Crippen LogP) is 2.77. The van der Waals surface area contributed by atoms with Gasteiger partial charge in [-0.1, -0.05) is 5.21 Å². The number of carbonyl (C=O) groups is 1. The van der Waals surface area contributed by atoms with E-state index in [0.29, 0.717) is 5.69 Å². The zero-order chi connectivity index (χ0) is 20.9. The molecule has 5 rings (SSSR count). The topological polar surface area (TPSA) is 95.1 Å². The number of carbonyl (C=O) groups excluding carboxylic acids is 1. The van der Waals surface area contributed by atoms with Crippen molar-refractivity contribution < 1.29 is 13.9 Å². The van der Waals surface area contributed by atoms with Crippen LogP contribution in [-0.4, -0.2) is 34.1 Å². The van der Waals surface area contributed by atoms with E-state index in [1.165, 1.54) is 32.1 Å². The van der Waals surface area contributed by atoms with Crippen LogP contribution in [0.4, 0.5) is 4.39 Å². The molecule has 0 aliphatic carbocycles. The summed E-state index contributed by atoms with van der Waals surface area (Å²) in [5.41, 5.74) is 7.50. The molecule has 30 heavy (non-hydrogen) atoms. The molecule has 2 aromatic heterocycles. The molecule has 3 aromatic rings. The maximum absolute atomic E-state index is 13.8. The second-order valence-electron chi connectivity index (χ2n) is 7.88. The Morgan fingerprint density at radius 2 is 2.30 bits per heavy atom. The van der Waals surface area contributed by atoms with Crippen LogP contribution in [0.3, 0.4) is 0 Å². The molecule has 4 heterocycles. The lowest BCUT2D eigenvalue weighted by molar-refractivity contribution is -0.0871. The van der Waals surface area contributed by atoms with Crippen molar-refractivity contribution >= 4 is 17.2 Å². The van der Waals surface area contributed by atoms with Crippen LogP contribution in [0, 0.1) is 12.7 Å². The average Bonchev–Trinajstić information content (AvgIpc) is 3.36. The normalized spacial score (nSPS) is 23.5. The minimum absolute atomic E-state index is 0.0167. The summed E-state index contributed by atoms with van der Waals surface area (Å²) < 4.78 is 21.7. The van der Waals surface area contributed by atoms with Gasteiger partial charge in [0.2, 0.25) is 0 Å². The molecule has 2 atom stereocenters. The molecule has 2 aliphatic heterocycles. The van der Waals surface area contributed by atoms with Gasteiger partial charge in [-0.25, -0.2) is 9.07 Å². The molecule has 1 saturated heterocycles. The summed E-state index contributed by atoms with van der Waals surface area (Å²) in [6, 6.07) is 6.40. The Morgan fingerprint density at radius 3 is 3.13 bits per heavy atom. The van der Waals surface area contributed by atoms with Crippen molar-refractivity contribution in [1.82, 2.24) is 20.3 Å². The van der Waals surface area contributed by atoms with Gasteiger partial charge in [-0.15, -0.1) is 16.4 Å². The van der Waals surface area contributed by atoms with Crippen molar-refractivity contribution in [2.24, 2.45) is 5.73 Å². The van der Waals surface area contributed by atoms with Gasteiger partial charge in [-0.05, 0) is 56.1 Å². The number of nitrogens with two attached hydrogens (primary N) is 1. The summed E-state index contributed by atoms with van der Waals surface area (Å²) in [5, 5.41) is 12.1. The summed E-state index contributed by atoms with van der Waals surface area (Å²) in [6.07, 6.45) is 4.46. The first-order valence-electron chi connectivity index (χ1n) is 9.94. The number of hydrogen-bond acceptors (Lipinski definition) is 6. The number of ether oxygens (including phenoxy) is 1. The molecule has 3 N–H and O–H groups in total. The van der Waals surface area contributed by atoms with Crippen LogP contribution < -0.4 is 11.1 Å². The number of fused-ring (bicyclic) bond motifs is 2. The van der Waals surface area contributed by atoms with Gasteiger partial charge in [-0.3, -0.25) is 4.79 Å². The van der Waals surface area contributed by atoms with Crippen LogP contribution in [0.2, 0.25) is 0 Å². The zero-order valence-electron chi connectivity index (χ0n) is 16.5. The molecule has 1 fully saturated rings. The lowest BCUT2D eigenvalue weighted by atomic mass is 9.82. The Morgan fingerprint density at radius 1 is 1.43 bits per heavy atom. The third kappa shape index (κ3) is 3.23. The van der Waals surface area contributed by atoms with E-state index in [-0.39, 0.29) is 17.2 Å². The Hall–Kier alpha value is -2.62. The van der Waals surface area contributed by atoms with Gasteiger partial charge < -0.3 is 15.8 Å². The zero-order valence-corrected chi connectivity index (χ0v) is 17.3. The van der Waals surface area contributed by atoms with E-state index in [4.69, 9.17) is 10.5 Å². The highest BCUT2D eigenvalue weighted by Crippen LogP contribution is 2.47. The molecule has 2 aliphatic rings. The number of piperidine rings is 1.